The summed E-state index contributed by atoms with van der Waals surface area (Å²) in [4.78, 5) is 28.0. The number of aliphatic hydroxyl groups is 1. The van der Waals surface area contributed by atoms with E-state index in [0.717, 1.165) is 28.5 Å². The Kier molecular flexibility index (Phi) is 7.13. The van der Waals surface area contributed by atoms with Crippen LogP contribution >= 0.6 is 11.3 Å². The summed E-state index contributed by atoms with van der Waals surface area (Å²) in [6, 6.07) is 1.60. The third-order valence-electron chi connectivity index (χ3n) is 6.64. The summed E-state index contributed by atoms with van der Waals surface area (Å²) in [5, 5.41) is 18.5. The van der Waals surface area contributed by atoms with Crippen LogP contribution < -0.4 is 10.5 Å². The molecule has 0 saturated heterocycles. The molecule has 4 heterocycles. The van der Waals surface area contributed by atoms with Gasteiger partial charge in [0.15, 0.2) is 0 Å². The van der Waals surface area contributed by atoms with E-state index in [0.29, 0.717) is 35.7 Å². The average molecular weight is 549 g/mol. The number of nitrogens with two attached hydrogens (primary N) is 1. The first-order valence-corrected chi connectivity index (χ1v) is 14.1. The van der Waals surface area contributed by atoms with E-state index in [2.05, 4.69) is 29.0 Å². The minimum Gasteiger partial charge on any atom is -0.393 e. The molecule has 3 aromatic heterocycles. The van der Waals surface area contributed by atoms with Crippen LogP contribution in [0.5, 0.6) is 0 Å². The Labute approximate surface area is 218 Å². The van der Waals surface area contributed by atoms with Gasteiger partial charge in [0.25, 0.3) is 0 Å². The summed E-state index contributed by atoms with van der Waals surface area (Å²) in [5.41, 5.74) is 2.13. The van der Waals surface area contributed by atoms with Gasteiger partial charge >= 0.3 is 10.3 Å². The molecule has 37 heavy (non-hydrogen) atoms. The van der Waals surface area contributed by atoms with Gasteiger partial charge in [0, 0.05) is 41.3 Å². The number of imidazole rings is 1. The van der Waals surface area contributed by atoms with Crippen LogP contribution in [0.25, 0.3) is 0 Å². The molecule has 198 valence electrons. The van der Waals surface area contributed by atoms with Gasteiger partial charge in [-0.1, -0.05) is 0 Å². The van der Waals surface area contributed by atoms with Crippen LogP contribution in [-0.2, 0) is 25.8 Å². The van der Waals surface area contributed by atoms with Gasteiger partial charge in [-0.2, -0.15) is 8.42 Å². The molecule has 0 aromatic carbocycles. The largest absolute Gasteiger partial charge is 0.393 e. The number of hydrogen-bond donors (Lipinski definition) is 3. The fourth-order valence-electron chi connectivity index (χ4n) is 4.91. The van der Waals surface area contributed by atoms with Crippen molar-refractivity contribution in [2.45, 2.75) is 51.5 Å². The maximum Gasteiger partial charge on any atom is 0.333 e. The van der Waals surface area contributed by atoms with E-state index in [-0.39, 0.29) is 24.5 Å². The molecule has 5 rings (SSSR count). The molecular formula is C23H28N6O6S2. The number of ketones is 1. The predicted molar refractivity (Wildman–Crippen MR) is 134 cm³/mol. The lowest BCUT2D eigenvalue weighted by molar-refractivity contribution is 0.0429. The first-order chi connectivity index (χ1) is 17.6. The molecule has 1 aliphatic heterocycles. The third kappa shape index (κ3) is 5.58. The minimum atomic E-state index is -4.09. The second kappa shape index (κ2) is 10.2. The quantitative estimate of drug-likeness (QED) is 0.350. The standard InChI is InChI=1S/C23H28N6O6S2/c1-12-9-29-3-4-34-21(23(29)27-12)16-7-19(36-13(16)2)20(31)17-8-25-11-26-22(17)28-15-5-14(18(30)6-15)10-35-37(24,32)33/h7-9,11,14-15,18,21,30H,3-6,10H2,1-2H3,(H2,24,32,33)(H,25,26,28)/t14-,15-,18+,21?/m1/s1. The number of carbonyl (C=O) groups is 1. The topological polar surface area (TPSA) is 172 Å². The number of aliphatic hydroxyl groups excluding tert-OH is 1. The van der Waals surface area contributed by atoms with Crippen LogP contribution in [0.2, 0.25) is 0 Å². The predicted octanol–water partition coefficient (Wildman–Crippen LogP) is 1.47. The fraction of sp³-hybridized carbons (Fsp3) is 0.478. The van der Waals surface area contributed by atoms with Crippen LogP contribution in [0.15, 0.2) is 24.8 Å². The Balaban J connectivity index is 1.34. The number of nitrogens with one attached hydrogen (secondary N) is 1. The highest BCUT2D eigenvalue weighted by Crippen LogP contribution is 2.36. The van der Waals surface area contributed by atoms with Crippen molar-refractivity contribution < 1.29 is 27.2 Å². The molecule has 3 aromatic rings. The second-order valence-corrected chi connectivity index (χ2v) is 11.8. The summed E-state index contributed by atoms with van der Waals surface area (Å²) < 4.78 is 35.0. The van der Waals surface area contributed by atoms with Gasteiger partial charge < -0.3 is 19.7 Å². The van der Waals surface area contributed by atoms with Crippen LogP contribution in [0.4, 0.5) is 5.82 Å². The number of fused-ring (bicyclic) bond motifs is 1. The first-order valence-electron chi connectivity index (χ1n) is 11.8. The minimum absolute atomic E-state index is 0.216. The molecule has 0 amide bonds. The molecular weight excluding hydrogens is 520 g/mol. The summed E-state index contributed by atoms with van der Waals surface area (Å²) in [6.07, 6.45) is 4.44. The molecule has 14 heteroatoms. The molecule has 0 spiro atoms. The van der Waals surface area contributed by atoms with E-state index >= 15 is 0 Å². The Morgan fingerprint density at radius 3 is 2.97 bits per heavy atom. The smallest absolute Gasteiger partial charge is 0.333 e. The molecule has 0 bridgehead atoms. The Morgan fingerprint density at radius 2 is 2.19 bits per heavy atom. The Morgan fingerprint density at radius 1 is 1.38 bits per heavy atom. The SMILES string of the molecule is Cc1cn2c(n1)C(c1cc(C(=O)c3cncnc3N[C@@H]3C[C@H](COS(N)(=O)=O)[C@@H](O)C3)sc1C)OCC2. The van der Waals surface area contributed by atoms with Crippen molar-refractivity contribution in [1.82, 2.24) is 19.5 Å². The third-order valence-corrected chi connectivity index (χ3v) is 8.17. The molecule has 4 atom stereocenters. The lowest BCUT2D eigenvalue weighted by Crippen LogP contribution is -2.24. The highest BCUT2D eigenvalue weighted by molar-refractivity contribution is 7.84. The van der Waals surface area contributed by atoms with Crippen molar-refractivity contribution in [3.8, 4) is 0 Å². The van der Waals surface area contributed by atoms with Crippen molar-refractivity contribution in [3.63, 3.8) is 0 Å². The van der Waals surface area contributed by atoms with Crippen LogP contribution in [0.3, 0.4) is 0 Å². The van der Waals surface area contributed by atoms with E-state index in [1.807, 2.05) is 26.1 Å². The van der Waals surface area contributed by atoms with Gasteiger partial charge in [0.05, 0.1) is 35.5 Å². The van der Waals surface area contributed by atoms with Crippen molar-refractivity contribution in [1.29, 1.82) is 0 Å². The van der Waals surface area contributed by atoms with Crippen LogP contribution in [-0.4, -0.2) is 64.2 Å². The number of aryl methyl sites for hydroxylation is 2. The van der Waals surface area contributed by atoms with Crippen molar-refractivity contribution in [3.05, 3.63) is 57.2 Å². The number of aromatic nitrogens is 4. The molecule has 2 aliphatic rings. The molecule has 1 saturated carbocycles. The number of nitrogens with zero attached hydrogens (tertiary/aromatic N) is 4. The lowest BCUT2D eigenvalue weighted by Gasteiger charge is -2.24. The van der Waals surface area contributed by atoms with Gasteiger partial charge in [-0.3, -0.25) is 8.98 Å². The maximum absolute atomic E-state index is 13.6. The molecule has 1 aliphatic carbocycles. The number of hydrogen-bond acceptors (Lipinski definition) is 11. The zero-order valence-corrected chi connectivity index (χ0v) is 22.0. The van der Waals surface area contributed by atoms with Crippen molar-refractivity contribution >= 4 is 33.2 Å². The van der Waals surface area contributed by atoms with E-state index in [4.69, 9.17) is 9.88 Å². The fourth-order valence-corrected chi connectivity index (χ4v) is 6.28. The number of rotatable bonds is 8. The Bertz CT molecular complexity index is 1420. The number of carbonyl (C=O) groups excluding carboxylic acids is 1. The van der Waals surface area contributed by atoms with Gasteiger partial charge in [0.2, 0.25) is 5.78 Å². The summed E-state index contributed by atoms with van der Waals surface area (Å²) in [5.74, 6) is 0.518. The van der Waals surface area contributed by atoms with E-state index < -0.39 is 22.3 Å². The van der Waals surface area contributed by atoms with E-state index in [9.17, 15) is 18.3 Å². The number of ether oxygens (including phenoxy) is 1. The molecule has 0 radical (unpaired) electrons. The van der Waals surface area contributed by atoms with Crippen LogP contribution in [0, 0.1) is 19.8 Å². The highest BCUT2D eigenvalue weighted by Gasteiger charge is 2.35. The number of thiophene rings is 1. The normalized spacial score (nSPS) is 23.7. The molecule has 1 unspecified atom stereocenters. The van der Waals surface area contributed by atoms with Crippen molar-refractivity contribution in [2.24, 2.45) is 11.1 Å². The van der Waals surface area contributed by atoms with Gasteiger partial charge in [0.1, 0.15) is 24.1 Å². The van der Waals surface area contributed by atoms with Crippen molar-refractivity contribution in [2.75, 3.05) is 18.5 Å². The first kappa shape index (κ1) is 25.9. The van der Waals surface area contributed by atoms with E-state index in [1.165, 1.54) is 23.9 Å². The molecule has 12 nitrogen and oxygen atoms in total. The second-order valence-electron chi connectivity index (χ2n) is 9.34. The Hall–Kier alpha value is -2.75. The van der Waals surface area contributed by atoms with Crippen LogP contribution in [0.1, 0.15) is 56.1 Å². The monoisotopic (exact) mass is 548 g/mol. The van der Waals surface area contributed by atoms with E-state index in [1.54, 1.807) is 0 Å². The highest BCUT2D eigenvalue weighted by atomic mass is 32.2. The van der Waals surface area contributed by atoms with Gasteiger partial charge in [-0.25, -0.2) is 20.1 Å². The zero-order valence-electron chi connectivity index (χ0n) is 20.3. The number of anilines is 1. The summed E-state index contributed by atoms with van der Waals surface area (Å²) >= 11 is 1.38. The zero-order chi connectivity index (χ0) is 26.3. The van der Waals surface area contributed by atoms with Gasteiger partial charge in [-0.15, -0.1) is 11.3 Å². The van der Waals surface area contributed by atoms with Gasteiger partial charge in [-0.05, 0) is 32.8 Å². The lowest BCUT2D eigenvalue weighted by atomic mass is 10.1. The molecule has 4 N–H and O–H groups in total. The maximum atomic E-state index is 13.6. The molecule has 1 fully saturated rings. The summed E-state index contributed by atoms with van der Waals surface area (Å²) in [6.45, 7) is 4.98. The average Bonchev–Trinajstić information content (AvgIpc) is 3.52. The summed E-state index contributed by atoms with van der Waals surface area (Å²) in [7, 11) is -4.09.